The fraction of sp³-hybridized carbons (Fsp3) is 0.348. The van der Waals surface area contributed by atoms with Gasteiger partial charge in [0.25, 0.3) is 0 Å². The molecule has 0 N–H and O–H groups in total. The number of oxazole rings is 1. The van der Waals surface area contributed by atoms with Gasteiger partial charge in [-0.15, -0.1) is 0 Å². The number of sulfone groups is 1. The smallest absolute Gasteiger partial charge is 0.226 e. The Balaban J connectivity index is 1.48. The maximum absolute atomic E-state index is 11.6. The van der Waals surface area contributed by atoms with E-state index in [9.17, 15) is 8.42 Å². The van der Waals surface area contributed by atoms with Crippen molar-refractivity contribution >= 4 is 9.84 Å². The first kappa shape index (κ1) is 19.9. The van der Waals surface area contributed by atoms with Crippen LogP contribution in [0, 0.1) is 6.92 Å². The van der Waals surface area contributed by atoms with E-state index >= 15 is 0 Å². The molecule has 1 aromatic heterocycles. The molecule has 3 aromatic rings. The minimum atomic E-state index is -3.18. The number of hydrogen-bond acceptors (Lipinski definition) is 5. The molecule has 2 heterocycles. The van der Waals surface area contributed by atoms with E-state index in [0.717, 1.165) is 41.1 Å². The maximum Gasteiger partial charge on any atom is 0.226 e. The monoisotopic (exact) mass is 410 g/mol. The molecule has 4 rings (SSSR count). The predicted molar refractivity (Wildman–Crippen MR) is 115 cm³/mol. The van der Waals surface area contributed by atoms with Crippen LogP contribution in [0.4, 0.5) is 0 Å². The molecule has 0 saturated carbocycles. The van der Waals surface area contributed by atoms with E-state index in [2.05, 4.69) is 4.90 Å². The first-order chi connectivity index (χ1) is 13.9. The number of benzene rings is 2. The minimum absolute atomic E-state index is 0.328. The lowest BCUT2D eigenvalue weighted by atomic mass is 10.0. The van der Waals surface area contributed by atoms with Crippen molar-refractivity contribution in [1.82, 2.24) is 9.88 Å². The maximum atomic E-state index is 11.6. The molecule has 2 aromatic carbocycles. The first-order valence-electron chi connectivity index (χ1n) is 10.00. The summed E-state index contributed by atoms with van der Waals surface area (Å²) >= 11 is 0. The largest absolute Gasteiger partial charge is 0.441 e. The van der Waals surface area contributed by atoms with Gasteiger partial charge < -0.3 is 9.32 Å². The van der Waals surface area contributed by atoms with Gasteiger partial charge in [-0.2, -0.15) is 0 Å². The average molecular weight is 411 g/mol. The van der Waals surface area contributed by atoms with Crippen molar-refractivity contribution in [3.8, 4) is 22.6 Å². The molecular weight excluding hydrogens is 384 g/mol. The quantitative estimate of drug-likeness (QED) is 0.604. The number of nitrogens with zero attached hydrogens (tertiary/aromatic N) is 2. The highest BCUT2D eigenvalue weighted by Crippen LogP contribution is 2.27. The van der Waals surface area contributed by atoms with E-state index in [-0.39, 0.29) is 0 Å². The summed E-state index contributed by atoms with van der Waals surface area (Å²) < 4.78 is 29.1. The van der Waals surface area contributed by atoms with Gasteiger partial charge in [-0.25, -0.2) is 13.4 Å². The van der Waals surface area contributed by atoms with Crippen LogP contribution in [0.3, 0.4) is 0 Å². The normalized spacial score (nSPS) is 15.1. The van der Waals surface area contributed by atoms with Gasteiger partial charge in [-0.1, -0.05) is 24.3 Å². The summed E-state index contributed by atoms with van der Waals surface area (Å²) in [6.07, 6.45) is 4.73. The van der Waals surface area contributed by atoms with Crippen LogP contribution >= 0.6 is 0 Å². The lowest BCUT2D eigenvalue weighted by molar-refractivity contribution is 0.341. The van der Waals surface area contributed by atoms with E-state index in [0.29, 0.717) is 10.8 Å². The molecule has 29 heavy (non-hydrogen) atoms. The summed E-state index contributed by atoms with van der Waals surface area (Å²) in [6, 6.07) is 15.0. The number of aryl methyl sites for hydroxylation is 1. The summed E-state index contributed by atoms with van der Waals surface area (Å²) in [7, 11) is -3.18. The first-order valence-corrected chi connectivity index (χ1v) is 11.9. The number of hydrogen-bond donors (Lipinski definition) is 0. The molecule has 6 heteroatoms. The zero-order valence-corrected chi connectivity index (χ0v) is 17.7. The Morgan fingerprint density at radius 1 is 0.931 bits per heavy atom. The van der Waals surface area contributed by atoms with Crippen molar-refractivity contribution in [2.75, 3.05) is 25.9 Å². The van der Waals surface area contributed by atoms with Gasteiger partial charge in [0.2, 0.25) is 5.89 Å². The van der Waals surface area contributed by atoms with Crippen molar-refractivity contribution in [1.29, 1.82) is 0 Å². The van der Waals surface area contributed by atoms with Crippen LogP contribution in [0.1, 0.15) is 24.3 Å². The molecule has 152 valence electrons. The third-order valence-electron chi connectivity index (χ3n) is 5.50. The standard InChI is InChI=1S/C23H26N2O3S/c1-17-22(13-16-25-14-3-4-15-25)24-23(28-17)20-7-5-18(6-8-20)19-9-11-21(12-10-19)29(2,26)27/h5-12H,3-4,13-16H2,1-2H3. The van der Waals surface area contributed by atoms with Crippen LogP contribution in [0.2, 0.25) is 0 Å². The summed E-state index contributed by atoms with van der Waals surface area (Å²) in [5.41, 5.74) is 3.97. The van der Waals surface area contributed by atoms with Gasteiger partial charge in [-0.05, 0) is 68.2 Å². The summed E-state index contributed by atoms with van der Waals surface area (Å²) in [6.45, 7) is 5.40. The van der Waals surface area contributed by atoms with Gasteiger partial charge in [0.15, 0.2) is 9.84 Å². The molecule has 0 bridgehead atoms. The summed E-state index contributed by atoms with van der Waals surface area (Å²) in [5, 5.41) is 0. The highest BCUT2D eigenvalue weighted by molar-refractivity contribution is 7.90. The Hall–Kier alpha value is -2.44. The molecule has 0 spiro atoms. The van der Waals surface area contributed by atoms with Crippen molar-refractivity contribution in [3.63, 3.8) is 0 Å². The highest BCUT2D eigenvalue weighted by atomic mass is 32.2. The van der Waals surface area contributed by atoms with Crippen LogP contribution in [0.5, 0.6) is 0 Å². The fourth-order valence-corrected chi connectivity index (χ4v) is 4.38. The van der Waals surface area contributed by atoms with Gasteiger partial charge in [-0.3, -0.25) is 0 Å². The summed E-state index contributed by atoms with van der Waals surface area (Å²) in [4.78, 5) is 7.53. The highest BCUT2D eigenvalue weighted by Gasteiger charge is 2.15. The van der Waals surface area contributed by atoms with Crippen LogP contribution in [0.15, 0.2) is 57.8 Å². The second kappa shape index (κ2) is 8.13. The molecule has 0 radical (unpaired) electrons. The lowest BCUT2D eigenvalue weighted by Gasteiger charge is -2.12. The SMILES string of the molecule is Cc1oc(-c2ccc(-c3ccc(S(C)(=O)=O)cc3)cc2)nc1CCN1CCCC1. The third kappa shape index (κ3) is 4.60. The lowest BCUT2D eigenvalue weighted by Crippen LogP contribution is -2.22. The molecule has 1 fully saturated rings. The van der Waals surface area contributed by atoms with Gasteiger partial charge >= 0.3 is 0 Å². The Morgan fingerprint density at radius 2 is 1.48 bits per heavy atom. The number of aromatic nitrogens is 1. The van der Waals surface area contributed by atoms with E-state index in [1.165, 1.54) is 32.2 Å². The molecule has 1 aliphatic heterocycles. The average Bonchev–Trinajstić information content (AvgIpc) is 3.35. The van der Waals surface area contributed by atoms with Crippen LogP contribution < -0.4 is 0 Å². The van der Waals surface area contributed by atoms with Crippen LogP contribution in [0.25, 0.3) is 22.6 Å². The molecule has 0 unspecified atom stereocenters. The minimum Gasteiger partial charge on any atom is -0.441 e. The van der Waals surface area contributed by atoms with Crippen molar-refractivity contribution in [2.24, 2.45) is 0 Å². The molecule has 1 aliphatic rings. The fourth-order valence-electron chi connectivity index (χ4n) is 3.75. The van der Waals surface area contributed by atoms with Crippen LogP contribution in [-0.4, -0.2) is 44.2 Å². The molecule has 5 nitrogen and oxygen atoms in total. The predicted octanol–water partition coefficient (Wildman–Crippen LogP) is 4.36. The zero-order valence-electron chi connectivity index (χ0n) is 16.9. The second-order valence-corrected chi connectivity index (χ2v) is 9.71. The summed E-state index contributed by atoms with van der Waals surface area (Å²) in [5.74, 6) is 1.54. The van der Waals surface area contributed by atoms with Crippen molar-refractivity contribution in [3.05, 3.63) is 60.0 Å². The zero-order chi connectivity index (χ0) is 20.4. The Kier molecular flexibility index (Phi) is 5.56. The van der Waals surface area contributed by atoms with Gasteiger partial charge in [0.05, 0.1) is 10.6 Å². The Morgan fingerprint density at radius 3 is 2.07 bits per heavy atom. The second-order valence-electron chi connectivity index (χ2n) is 7.69. The van der Waals surface area contributed by atoms with E-state index in [1.807, 2.05) is 43.3 Å². The number of rotatable bonds is 6. The van der Waals surface area contributed by atoms with E-state index < -0.39 is 9.84 Å². The molecule has 0 amide bonds. The topological polar surface area (TPSA) is 63.4 Å². The van der Waals surface area contributed by atoms with E-state index in [1.54, 1.807) is 12.1 Å². The third-order valence-corrected chi connectivity index (χ3v) is 6.63. The van der Waals surface area contributed by atoms with Crippen LogP contribution in [-0.2, 0) is 16.3 Å². The van der Waals surface area contributed by atoms with Gasteiger partial charge in [0.1, 0.15) is 5.76 Å². The Labute approximate surface area is 172 Å². The molecule has 0 atom stereocenters. The molecule has 1 saturated heterocycles. The Bertz CT molecular complexity index is 1080. The molecular formula is C23H26N2O3S. The van der Waals surface area contributed by atoms with Crippen molar-refractivity contribution < 1.29 is 12.8 Å². The molecule has 0 aliphatic carbocycles. The number of likely N-dealkylation sites (tertiary alicyclic amines) is 1. The van der Waals surface area contributed by atoms with Crippen molar-refractivity contribution in [2.45, 2.75) is 31.1 Å². The van der Waals surface area contributed by atoms with Gasteiger partial charge in [0, 0.05) is 24.8 Å². The van der Waals surface area contributed by atoms with E-state index in [4.69, 9.17) is 9.40 Å².